The Hall–Kier alpha value is -4.52. The third-order valence-electron chi connectivity index (χ3n) is 3.96. The maximum atomic E-state index is 12.5. The third kappa shape index (κ3) is 2.93. The van der Waals surface area contributed by atoms with Gasteiger partial charge in [-0.25, -0.2) is 9.48 Å². The quantitative estimate of drug-likeness (QED) is 0.213. The molecule has 4 N–H and O–H groups in total. The Kier molecular flexibility index (Phi) is 4.02. The summed E-state index contributed by atoms with van der Waals surface area (Å²) in [4.78, 5) is 12.5. The molecule has 0 aliphatic rings. The fraction of sp³-hybridized carbons (Fsp3) is 0. The van der Waals surface area contributed by atoms with Crippen LogP contribution in [0.1, 0.15) is 0 Å². The van der Waals surface area contributed by atoms with Crippen molar-refractivity contribution >= 4 is 39.2 Å². The van der Waals surface area contributed by atoms with Crippen molar-refractivity contribution in [1.82, 2.24) is 15.0 Å². The van der Waals surface area contributed by atoms with Crippen molar-refractivity contribution in [3.8, 4) is 11.8 Å². The molecule has 28 heavy (non-hydrogen) atoms. The smallest absolute Gasteiger partial charge is 0.362 e. The van der Waals surface area contributed by atoms with Gasteiger partial charge in [-0.3, -0.25) is 10.8 Å². The minimum atomic E-state index is -0.578. The molecule has 0 unspecified atom stereocenters. The first kappa shape index (κ1) is 16.9. The van der Waals surface area contributed by atoms with E-state index >= 15 is 0 Å². The van der Waals surface area contributed by atoms with E-state index in [0.717, 1.165) is 0 Å². The van der Waals surface area contributed by atoms with Gasteiger partial charge in [-0.15, -0.1) is 5.10 Å². The van der Waals surface area contributed by atoms with E-state index in [1.165, 1.54) is 4.68 Å². The van der Waals surface area contributed by atoms with Crippen LogP contribution in [0.5, 0.6) is 0 Å². The average Bonchev–Trinajstić information content (AvgIpc) is 3.11. The molecular weight excluding hydrogens is 360 g/mol. The van der Waals surface area contributed by atoms with Crippen molar-refractivity contribution in [2.45, 2.75) is 0 Å². The van der Waals surface area contributed by atoms with Crippen LogP contribution in [0.15, 0.2) is 62.8 Å². The summed E-state index contributed by atoms with van der Waals surface area (Å²) in [5, 5.41) is 28.6. The van der Waals surface area contributed by atoms with Gasteiger partial charge in [-0.2, -0.15) is 10.4 Å². The molecule has 0 aliphatic heterocycles. The Morgan fingerprint density at radius 1 is 1.29 bits per heavy atom. The summed E-state index contributed by atoms with van der Waals surface area (Å²) < 4.78 is 6.86. The van der Waals surface area contributed by atoms with Gasteiger partial charge >= 0.3 is 5.63 Å². The molecule has 0 fully saturated rings. The SMILES string of the molecule is N#C/C(=N\Nc1ccc2cc(-n3nnc4ccccc43)c(=O)oc2c1)C(=N)N. The zero-order valence-electron chi connectivity index (χ0n) is 14.2. The van der Waals surface area contributed by atoms with Crippen molar-refractivity contribution in [2.24, 2.45) is 10.8 Å². The van der Waals surface area contributed by atoms with Crippen LogP contribution in [-0.4, -0.2) is 26.5 Å². The number of rotatable bonds is 4. The van der Waals surface area contributed by atoms with Crippen molar-refractivity contribution in [2.75, 3.05) is 5.43 Å². The highest BCUT2D eigenvalue weighted by Gasteiger charge is 2.12. The van der Waals surface area contributed by atoms with Crippen LogP contribution >= 0.6 is 0 Å². The number of amidine groups is 1. The number of anilines is 1. The molecule has 2 heterocycles. The molecule has 4 aromatic rings. The fourth-order valence-corrected chi connectivity index (χ4v) is 2.63. The van der Waals surface area contributed by atoms with Gasteiger partial charge in [0.2, 0.25) is 5.71 Å². The first-order valence-corrected chi connectivity index (χ1v) is 8.04. The van der Waals surface area contributed by atoms with E-state index in [1.807, 2.05) is 18.2 Å². The number of nitrogens with two attached hydrogens (primary N) is 1. The Morgan fingerprint density at radius 3 is 2.89 bits per heavy atom. The predicted molar refractivity (Wildman–Crippen MR) is 103 cm³/mol. The van der Waals surface area contributed by atoms with Gasteiger partial charge in [0.15, 0.2) is 11.5 Å². The number of hydrazone groups is 1. The van der Waals surface area contributed by atoms with Crippen molar-refractivity contribution in [3.63, 3.8) is 0 Å². The molecule has 0 bridgehead atoms. The van der Waals surface area contributed by atoms with E-state index in [2.05, 4.69) is 20.8 Å². The lowest BCUT2D eigenvalue weighted by Gasteiger charge is -2.05. The number of nitriles is 1. The topological polar surface area (TPSA) is 159 Å². The van der Waals surface area contributed by atoms with E-state index in [-0.39, 0.29) is 11.4 Å². The molecule has 10 nitrogen and oxygen atoms in total. The van der Waals surface area contributed by atoms with Gasteiger partial charge in [0.1, 0.15) is 17.2 Å². The Morgan fingerprint density at radius 2 is 2.11 bits per heavy atom. The number of fused-ring (bicyclic) bond motifs is 2. The number of hydrogen-bond donors (Lipinski definition) is 3. The van der Waals surface area contributed by atoms with Gasteiger partial charge in [0.25, 0.3) is 0 Å². The number of nitrogens with one attached hydrogen (secondary N) is 2. The lowest BCUT2D eigenvalue weighted by atomic mass is 10.2. The molecule has 0 amide bonds. The fourth-order valence-electron chi connectivity index (χ4n) is 2.63. The molecular formula is C18H12N8O2. The molecule has 2 aromatic heterocycles. The zero-order valence-corrected chi connectivity index (χ0v) is 14.2. The molecule has 0 radical (unpaired) electrons. The highest BCUT2D eigenvalue weighted by molar-refractivity contribution is 6.45. The van der Waals surface area contributed by atoms with E-state index in [0.29, 0.717) is 27.7 Å². The molecule has 0 saturated heterocycles. The Bertz CT molecular complexity index is 1360. The summed E-state index contributed by atoms with van der Waals surface area (Å²) in [5.74, 6) is -0.452. The summed E-state index contributed by atoms with van der Waals surface area (Å²) in [5.41, 5.74) is 9.39. The predicted octanol–water partition coefficient (Wildman–Crippen LogP) is 1.75. The van der Waals surface area contributed by atoms with E-state index in [9.17, 15) is 4.79 Å². The lowest BCUT2D eigenvalue weighted by Crippen LogP contribution is -2.21. The van der Waals surface area contributed by atoms with Crippen LogP contribution in [0, 0.1) is 16.7 Å². The third-order valence-corrected chi connectivity index (χ3v) is 3.96. The van der Waals surface area contributed by atoms with Crippen LogP contribution in [0.3, 0.4) is 0 Å². The number of para-hydroxylation sites is 1. The maximum Gasteiger partial charge on any atom is 0.362 e. The highest BCUT2D eigenvalue weighted by Crippen LogP contribution is 2.21. The van der Waals surface area contributed by atoms with Gasteiger partial charge in [0.05, 0.1) is 11.2 Å². The molecule has 10 heteroatoms. The normalized spacial score (nSPS) is 11.5. The van der Waals surface area contributed by atoms with Crippen LogP contribution < -0.4 is 16.8 Å². The van der Waals surface area contributed by atoms with Crippen LogP contribution in [0.25, 0.3) is 27.7 Å². The Balaban J connectivity index is 1.76. The Labute approximate surface area is 157 Å². The monoisotopic (exact) mass is 372 g/mol. The van der Waals surface area contributed by atoms with Gasteiger partial charge in [-0.05, 0) is 30.3 Å². The zero-order chi connectivity index (χ0) is 19.7. The standard InChI is InChI=1S/C18H12N8O2/c19-9-13(17(20)21)23-22-11-6-5-10-7-15(18(27)28-16(10)8-11)26-14-4-2-1-3-12(14)24-25-26/h1-8,22H,(H3,20,21)/b23-13+. The first-order valence-electron chi connectivity index (χ1n) is 8.04. The second-order valence-electron chi connectivity index (χ2n) is 5.76. The van der Waals surface area contributed by atoms with E-state index < -0.39 is 11.5 Å². The molecule has 0 atom stereocenters. The second-order valence-corrected chi connectivity index (χ2v) is 5.76. The molecule has 0 spiro atoms. The number of nitrogens with zero attached hydrogens (tertiary/aromatic N) is 5. The number of hydrogen-bond acceptors (Lipinski definition) is 8. The van der Waals surface area contributed by atoms with Crippen molar-refractivity contribution in [1.29, 1.82) is 10.7 Å². The summed E-state index contributed by atoms with van der Waals surface area (Å²) in [7, 11) is 0. The van der Waals surface area contributed by atoms with Gasteiger partial charge in [0, 0.05) is 11.5 Å². The molecule has 0 aliphatic carbocycles. The van der Waals surface area contributed by atoms with Gasteiger partial charge < -0.3 is 10.2 Å². The second kappa shape index (κ2) is 6.65. The molecule has 2 aromatic carbocycles. The van der Waals surface area contributed by atoms with Crippen LogP contribution in [0.4, 0.5) is 5.69 Å². The largest absolute Gasteiger partial charge is 0.421 e. The molecule has 4 rings (SSSR count). The lowest BCUT2D eigenvalue weighted by molar-refractivity contribution is 0.552. The highest BCUT2D eigenvalue weighted by atomic mass is 16.4. The van der Waals surface area contributed by atoms with Crippen molar-refractivity contribution < 1.29 is 4.42 Å². The molecule has 136 valence electrons. The minimum absolute atomic E-state index is 0.239. The summed E-state index contributed by atoms with van der Waals surface area (Å²) in [6, 6.07) is 15.6. The van der Waals surface area contributed by atoms with Crippen LogP contribution in [-0.2, 0) is 0 Å². The summed E-state index contributed by atoms with van der Waals surface area (Å²) in [6.45, 7) is 0. The average molecular weight is 372 g/mol. The van der Waals surface area contributed by atoms with Gasteiger partial charge in [-0.1, -0.05) is 17.3 Å². The molecule has 0 saturated carbocycles. The minimum Gasteiger partial charge on any atom is -0.421 e. The van der Waals surface area contributed by atoms with Crippen molar-refractivity contribution in [3.05, 3.63) is 59.0 Å². The number of aromatic nitrogens is 3. The summed E-state index contributed by atoms with van der Waals surface area (Å²) in [6.07, 6.45) is 0. The number of benzene rings is 2. The van der Waals surface area contributed by atoms with E-state index in [1.54, 1.807) is 36.4 Å². The van der Waals surface area contributed by atoms with Crippen LogP contribution in [0.2, 0.25) is 0 Å². The maximum absolute atomic E-state index is 12.5. The summed E-state index contributed by atoms with van der Waals surface area (Å²) >= 11 is 0. The first-order chi connectivity index (χ1) is 13.6. The van der Waals surface area contributed by atoms with E-state index in [4.69, 9.17) is 20.8 Å².